The Labute approximate surface area is 108 Å². The summed E-state index contributed by atoms with van der Waals surface area (Å²) >= 11 is 3.07. The maximum Gasteiger partial charge on any atom is 0.149 e. The SMILES string of the molecule is CS(=O)(=O)CC(Cc1ccc(F)c(Br)c1)NN. The summed E-state index contributed by atoms with van der Waals surface area (Å²) in [5, 5.41) is 0. The lowest BCUT2D eigenvalue weighted by molar-refractivity contribution is 0.545. The number of nitrogens with one attached hydrogen (secondary N) is 1. The van der Waals surface area contributed by atoms with Crippen molar-refractivity contribution in [2.24, 2.45) is 5.84 Å². The molecule has 1 aromatic rings. The number of hydrogen-bond acceptors (Lipinski definition) is 4. The number of sulfone groups is 1. The van der Waals surface area contributed by atoms with Crippen LogP contribution in [0, 0.1) is 5.82 Å². The summed E-state index contributed by atoms with van der Waals surface area (Å²) in [4.78, 5) is 0. The average molecular weight is 325 g/mol. The molecule has 96 valence electrons. The molecule has 4 nitrogen and oxygen atoms in total. The van der Waals surface area contributed by atoms with E-state index < -0.39 is 9.84 Å². The summed E-state index contributed by atoms with van der Waals surface area (Å²) in [5.74, 6) is 4.89. The Hall–Kier alpha value is -0.500. The van der Waals surface area contributed by atoms with Crippen molar-refractivity contribution in [3.63, 3.8) is 0 Å². The molecule has 0 aliphatic rings. The number of hydrazine groups is 1. The van der Waals surface area contributed by atoms with E-state index in [0.717, 1.165) is 11.8 Å². The average Bonchev–Trinajstić information content (AvgIpc) is 2.20. The van der Waals surface area contributed by atoms with Gasteiger partial charge in [-0.2, -0.15) is 0 Å². The number of rotatable bonds is 5. The molecule has 1 unspecified atom stereocenters. The van der Waals surface area contributed by atoms with E-state index in [4.69, 9.17) is 5.84 Å². The number of hydrogen-bond donors (Lipinski definition) is 2. The fourth-order valence-electron chi connectivity index (χ4n) is 1.48. The number of benzene rings is 1. The molecular formula is C10H14BrFN2O2S. The standard InChI is InChI=1S/C10H14BrFN2O2S/c1-17(15,16)6-8(14-13)4-7-2-3-10(12)9(11)5-7/h2-3,5,8,14H,4,6,13H2,1H3. The van der Waals surface area contributed by atoms with Gasteiger partial charge in [-0.1, -0.05) is 6.07 Å². The van der Waals surface area contributed by atoms with Gasteiger partial charge in [-0.05, 0) is 40.0 Å². The van der Waals surface area contributed by atoms with E-state index in [9.17, 15) is 12.8 Å². The molecule has 1 rings (SSSR count). The molecule has 0 saturated heterocycles. The van der Waals surface area contributed by atoms with Gasteiger partial charge in [0.15, 0.2) is 0 Å². The second kappa shape index (κ2) is 5.90. The molecule has 1 atom stereocenters. The molecule has 0 heterocycles. The van der Waals surface area contributed by atoms with Crippen LogP contribution < -0.4 is 11.3 Å². The quantitative estimate of drug-likeness (QED) is 0.626. The topological polar surface area (TPSA) is 72.2 Å². The number of halogens is 2. The van der Waals surface area contributed by atoms with Crippen LogP contribution in [0.25, 0.3) is 0 Å². The van der Waals surface area contributed by atoms with Crippen molar-refractivity contribution >= 4 is 25.8 Å². The van der Waals surface area contributed by atoms with Crippen molar-refractivity contribution in [3.05, 3.63) is 34.1 Å². The van der Waals surface area contributed by atoms with E-state index in [0.29, 0.717) is 10.9 Å². The summed E-state index contributed by atoms with van der Waals surface area (Å²) in [5.41, 5.74) is 3.26. The third-order valence-corrected chi connectivity index (χ3v) is 3.82. The van der Waals surface area contributed by atoms with E-state index in [1.165, 1.54) is 6.07 Å². The summed E-state index contributed by atoms with van der Waals surface area (Å²) < 4.78 is 35.7. The lowest BCUT2D eigenvalue weighted by Crippen LogP contribution is -2.41. The van der Waals surface area contributed by atoms with Gasteiger partial charge in [0.2, 0.25) is 0 Å². The predicted octanol–water partition coefficient (Wildman–Crippen LogP) is 1.01. The van der Waals surface area contributed by atoms with Gasteiger partial charge in [0, 0.05) is 12.3 Å². The first-order valence-electron chi connectivity index (χ1n) is 4.89. The van der Waals surface area contributed by atoms with Crippen LogP contribution in [0.5, 0.6) is 0 Å². The normalized spacial score (nSPS) is 13.6. The van der Waals surface area contributed by atoms with Crippen molar-refractivity contribution in [1.29, 1.82) is 0 Å². The monoisotopic (exact) mass is 324 g/mol. The van der Waals surface area contributed by atoms with Crippen LogP contribution in [-0.2, 0) is 16.3 Å². The van der Waals surface area contributed by atoms with Gasteiger partial charge in [-0.3, -0.25) is 11.3 Å². The molecule has 0 fully saturated rings. The molecule has 0 radical (unpaired) electrons. The Morgan fingerprint density at radius 3 is 2.65 bits per heavy atom. The Kier molecular flexibility index (Phi) is 5.05. The van der Waals surface area contributed by atoms with Crippen LogP contribution in [0.4, 0.5) is 4.39 Å². The molecule has 7 heteroatoms. The summed E-state index contributed by atoms with van der Waals surface area (Å²) in [7, 11) is -3.10. The highest BCUT2D eigenvalue weighted by Gasteiger charge is 2.15. The minimum atomic E-state index is -3.10. The van der Waals surface area contributed by atoms with Crippen molar-refractivity contribution in [2.75, 3.05) is 12.0 Å². The minimum absolute atomic E-state index is 0.0570. The molecule has 0 aromatic heterocycles. The lowest BCUT2D eigenvalue weighted by atomic mass is 10.1. The third kappa shape index (κ3) is 5.12. The second-order valence-corrected chi connectivity index (χ2v) is 6.95. The Morgan fingerprint density at radius 2 is 2.18 bits per heavy atom. The van der Waals surface area contributed by atoms with Gasteiger partial charge < -0.3 is 0 Å². The van der Waals surface area contributed by atoms with Gasteiger partial charge in [0.05, 0.1) is 10.2 Å². The summed E-state index contributed by atoms with van der Waals surface area (Å²) in [6, 6.07) is 4.16. The van der Waals surface area contributed by atoms with Crippen molar-refractivity contribution in [3.8, 4) is 0 Å². The lowest BCUT2D eigenvalue weighted by Gasteiger charge is -2.14. The molecule has 0 bridgehead atoms. The van der Waals surface area contributed by atoms with E-state index >= 15 is 0 Å². The molecule has 17 heavy (non-hydrogen) atoms. The van der Waals surface area contributed by atoms with Gasteiger partial charge in [0.1, 0.15) is 15.7 Å². The molecule has 0 aliphatic carbocycles. The summed E-state index contributed by atoms with van der Waals surface area (Å²) in [6.07, 6.45) is 1.57. The highest BCUT2D eigenvalue weighted by molar-refractivity contribution is 9.10. The Morgan fingerprint density at radius 1 is 1.53 bits per heavy atom. The smallest absolute Gasteiger partial charge is 0.149 e. The first-order valence-corrected chi connectivity index (χ1v) is 7.75. The fraction of sp³-hybridized carbons (Fsp3) is 0.400. The highest BCUT2D eigenvalue weighted by Crippen LogP contribution is 2.17. The maximum atomic E-state index is 13.0. The Bertz CT molecular complexity index is 493. The van der Waals surface area contributed by atoms with Crippen molar-refractivity contribution in [2.45, 2.75) is 12.5 Å². The van der Waals surface area contributed by atoms with Gasteiger partial charge in [0.25, 0.3) is 0 Å². The van der Waals surface area contributed by atoms with Crippen LogP contribution in [0.2, 0.25) is 0 Å². The van der Waals surface area contributed by atoms with Gasteiger partial charge in [-0.15, -0.1) is 0 Å². The zero-order valence-electron chi connectivity index (χ0n) is 9.28. The van der Waals surface area contributed by atoms with Crippen LogP contribution in [-0.4, -0.2) is 26.5 Å². The molecule has 0 saturated carbocycles. The molecule has 3 N–H and O–H groups in total. The van der Waals surface area contributed by atoms with Crippen LogP contribution in [0.15, 0.2) is 22.7 Å². The van der Waals surface area contributed by atoms with Crippen LogP contribution >= 0.6 is 15.9 Å². The molecule has 0 amide bonds. The first kappa shape index (κ1) is 14.6. The molecule has 0 spiro atoms. The molecule has 1 aromatic carbocycles. The van der Waals surface area contributed by atoms with Crippen LogP contribution in [0.3, 0.4) is 0 Å². The fourth-order valence-corrected chi connectivity index (χ4v) is 2.85. The molecular weight excluding hydrogens is 311 g/mol. The number of nitrogens with two attached hydrogens (primary N) is 1. The Balaban J connectivity index is 2.77. The summed E-state index contributed by atoms with van der Waals surface area (Å²) in [6.45, 7) is 0. The highest BCUT2D eigenvalue weighted by atomic mass is 79.9. The third-order valence-electron chi connectivity index (χ3n) is 2.21. The van der Waals surface area contributed by atoms with E-state index in [2.05, 4.69) is 21.4 Å². The second-order valence-electron chi connectivity index (χ2n) is 3.91. The van der Waals surface area contributed by atoms with E-state index in [1.54, 1.807) is 12.1 Å². The van der Waals surface area contributed by atoms with Gasteiger partial charge >= 0.3 is 0 Å². The van der Waals surface area contributed by atoms with Crippen molar-refractivity contribution < 1.29 is 12.8 Å². The van der Waals surface area contributed by atoms with Crippen molar-refractivity contribution in [1.82, 2.24) is 5.43 Å². The zero-order chi connectivity index (χ0) is 13.1. The largest absolute Gasteiger partial charge is 0.271 e. The van der Waals surface area contributed by atoms with E-state index in [1.807, 2.05) is 0 Å². The first-order chi connectivity index (χ1) is 7.81. The predicted molar refractivity (Wildman–Crippen MR) is 68.6 cm³/mol. The minimum Gasteiger partial charge on any atom is -0.271 e. The van der Waals surface area contributed by atoms with E-state index in [-0.39, 0.29) is 17.6 Å². The maximum absolute atomic E-state index is 13.0. The van der Waals surface area contributed by atoms with Gasteiger partial charge in [-0.25, -0.2) is 12.8 Å². The zero-order valence-corrected chi connectivity index (χ0v) is 11.7. The molecule has 0 aliphatic heterocycles. The van der Waals surface area contributed by atoms with Crippen LogP contribution in [0.1, 0.15) is 5.56 Å².